The van der Waals surface area contributed by atoms with E-state index in [4.69, 9.17) is 9.97 Å². The van der Waals surface area contributed by atoms with Gasteiger partial charge in [0.2, 0.25) is 0 Å². The van der Waals surface area contributed by atoms with Crippen molar-refractivity contribution in [2.75, 3.05) is 0 Å². The minimum absolute atomic E-state index is 0.150. The van der Waals surface area contributed by atoms with E-state index in [1.807, 2.05) is 24.5 Å². The van der Waals surface area contributed by atoms with Gasteiger partial charge < -0.3 is 0 Å². The molecule has 0 fully saturated rings. The van der Waals surface area contributed by atoms with Gasteiger partial charge in [0.05, 0.1) is 11.4 Å². The molecule has 0 atom stereocenters. The second-order valence-electron chi connectivity index (χ2n) is 14.5. The van der Waals surface area contributed by atoms with Crippen molar-refractivity contribution in [1.82, 2.24) is 15.0 Å². The molecule has 3 nitrogen and oxygen atoms in total. The predicted octanol–water partition coefficient (Wildman–Crippen LogP) is 12.8. The highest BCUT2D eigenvalue weighted by molar-refractivity contribution is 6.05. The number of nitrogens with zero attached hydrogens (tertiary/aromatic N) is 3. The molecule has 10 rings (SSSR count). The summed E-state index contributed by atoms with van der Waals surface area (Å²) in [5.41, 5.74) is 14.7. The summed E-state index contributed by atoms with van der Waals surface area (Å²) in [6.45, 7) is 4.69. The van der Waals surface area contributed by atoms with Crippen LogP contribution in [0.2, 0.25) is 0 Å². The number of hydrogen-bond acceptors (Lipinski definition) is 3. The zero-order valence-electron chi connectivity index (χ0n) is 29.6. The van der Waals surface area contributed by atoms with Gasteiger partial charge in [0.15, 0.2) is 5.82 Å². The zero-order chi connectivity index (χ0) is 35.5. The van der Waals surface area contributed by atoms with Gasteiger partial charge in [-0.25, -0.2) is 9.97 Å². The van der Waals surface area contributed by atoms with Gasteiger partial charge in [0.1, 0.15) is 0 Å². The van der Waals surface area contributed by atoms with Crippen LogP contribution < -0.4 is 0 Å². The lowest BCUT2D eigenvalue weighted by molar-refractivity contribution is 0.661. The van der Waals surface area contributed by atoms with Gasteiger partial charge >= 0.3 is 0 Å². The van der Waals surface area contributed by atoms with Crippen LogP contribution in [0.4, 0.5) is 0 Å². The maximum atomic E-state index is 5.33. The fourth-order valence-electron chi connectivity index (χ4n) is 8.30. The molecule has 9 aromatic rings. The molecule has 0 amide bonds. The number of benzene rings is 7. The normalized spacial score (nSPS) is 12.9. The number of hydrogen-bond donors (Lipinski definition) is 0. The van der Waals surface area contributed by atoms with E-state index in [-0.39, 0.29) is 5.41 Å². The Morgan fingerprint density at radius 2 is 1.06 bits per heavy atom. The topological polar surface area (TPSA) is 38.7 Å². The number of rotatable bonds is 5. The van der Waals surface area contributed by atoms with E-state index >= 15 is 0 Å². The Hall–Kier alpha value is -6.71. The molecule has 0 saturated heterocycles. The van der Waals surface area contributed by atoms with E-state index in [2.05, 4.69) is 170 Å². The van der Waals surface area contributed by atoms with E-state index in [9.17, 15) is 0 Å². The fraction of sp³-hybridized carbons (Fsp3) is 0.0600. The van der Waals surface area contributed by atoms with Crippen molar-refractivity contribution in [3.63, 3.8) is 0 Å². The Morgan fingerprint density at radius 3 is 1.85 bits per heavy atom. The third kappa shape index (κ3) is 5.16. The molecule has 0 bridgehead atoms. The van der Waals surface area contributed by atoms with Crippen LogP contribution in [0.5, 0.6) is 0 Å². The predicted molar refractivity (Wildman–Crippen MR) is 220 cm³/mol. The summed E-state index contributed by atoms with van der Waals surface area (Å²) < 4.78 is 0. The summed E-state index contributed by atoms with van der Waals surface area (Å²) >= 11 is 0. The zero-order valence-corrected chi connectivity index (χ0v) is 29.6. The number of fused-ring (bicyclic) bond motifs is 5. The van der Waals surface area contributed by atoms with Crippen LogP contribution >= 0.6 is 0 Å². The van der Waals surface area contributed by atoms with Crippen molar-refractivity contribution < 1.29 is 0 Å². The smallest absolute Gasteiger partial charge is 0.160 e. The maximum Gasteiger partial charge on any atom is 0.160 e. The van der Waals surface area contributed by atoms with Crippen molar-refractivity contribution in [3.05, 3.63) is 187 Å². The Morgan fingerprint density at radius 1 is 0.415 bits per heavy atom. The Labute approximate surface area is 309 Å². The molecule has 1 aliphatic carbocycles. The van der Waals surface area contributed by atoms with E-state index in [1.165, 1.54) is 44.0 Å². The highest BCUT2D eigenvalue weighted by Gasteiger charge is 2.37. The standard InChI is InChI=1S/C50H35N3/c1-50(2)44-23-11-22-42(48(44)43-28-34-15-6-7-16-35(34)29-45(43)50)47-30-46(52-49(53-47)32-13-4-3-5-14-32)41-25-24-38(39-20-8-9-21-40(39)41)36-18-10-17-33(27-36)37-19-12-26-51-31-37/h3-31H,1-2H3. The largest absolute Gasteiger partial charge is 0.264 e. The third-order valence-electron chi connectivity index (χ3n) is 11.0. The van der Waals surface area contributed by atoms with E-state index < -0.39 is 0 Å². The Bertz CT molecular complexity index is 2860. The fourth-order valence-corrected chi connectivity index (χ4v) is 8.30. The monoisotopic (exact) mass is 677 g/mol. The van der Waals surface area contributed by atoms with Crippen LogP contribution in [0.15, 0.2) is 176 Å². The molecule has 0 radical (unpaired) electrons. The van der Waals surface area contributed by atoms with Crippen LogP contribution in [-0.2, 0) is 5.41 Å². The number of aromatic nitrogens is 3. The summed E-state index contributed by atoms with van der Waals surface area (Å²) in [7, 11) is 0. The van der Waals surface area contributed by atoms with Gasteiger partial charge in [-0.15, -0.1) is 0 Å². The van der Waals surface area contributed by atoms with Crippen LogP contribution in [0.3, 0.4) is 0 Å². The lowest BCUT2D eigenvalue weighted by atomic mass is 9.81. The number of pyridine rings is 1. The minimum atomic E-state index is -0.150. The molecular formula is C50H35N3. The van der Waals surface area contributed by atoms with Crippen LogP contribution in [0.25, 0.3) is 88.8 Å². The second-order valence-corrected chi connectivity index (χ2v) is 14.5. The molecule has 1 aliphatic rings. The first-order valence-corrected chi connectivity index (χ1v) is 18.2. The van der Waals surface area contributed by atoms with E-state index in [1.54, 1.807) is 0 Å². The first-order valence-electron chi connectivity index (χ1n) is 18.2. The quantitative estimate of drug-likeness (QED) is 0.182. The van der Waals surface area contributed by atoms with Gasteiger partial charge in [0.25, 0.3) is 0 Å². The molecule has 0 aliphatic heterocycles. The minimum Gasteiger partial charge on any atom is -0.264 e. The SMILES string of the molecule is CC1(C)c2cc3ccccc3cc2-c2c(-c3cc(-c4ccc(-c5cccc(-c6cccnc6)c5)c5ccccc45)nc(-c4ccccc4)n3)cccc21. The Kier molecular flexibility index (Phi) is 7.16. The van der Waals surface area contributed by atoms with Crippen LogP contribution in [0, 0.1) is 0 Å². The van der Waals surface area contributed by atoms with Crippen LogP contribution in [-0.4, -0.2) is 15.0 Å². The summed E-state index contributed by atoms with van der Waals surface area (Å²) in [5.74, 6) is 0.712. The average molecular weight is 678 g/mol. The van der Waals surface area contributed by atoms with Gasteiger partial charge in [-0.1, -0.05) is 147 Å². The molecule has 2 heterocycles. The summed E-state index contributed by atoms with van der Waals surface area (Å²) in [6, 6.07) is 58.6. The van der Waals surface area contributed by atoms with Gasteiger partial charge in [0, 0.05) is 40.1 Å². The Balaban J connectivity index is 1.18. The average Bonchev–Trinajstić information content (AvgIpc) is 3.45. The molecule has 53 heavy (non-hydrogen) atoms. The molecule has 7 aromatic carbocycles. The highest BCUT2D eigenvalue weighted by Crippen LogP contribution is 2.53. The van der Waals surface area contributed by atoms with Crippen molar-refractivity contribution in [1.29, 1.82) is 0 Å². The molecule has 0 saturated carbocycles. The first kappa shape index (κ1) is 31.1. The van der Waals surface area contributed by atoms with Crippen molar-refractivity contribution in [2.24, 2.45) is 0 Å². The van der Waals surface area contributed by atoms with Crippen LogP contribution in [0.1, 0.15) is 25.0 Å². The molecule has 0 N–H and O–H groups in total. The molecule has 3 heteroatoms. The summed E-state index contributed by atoms with van der Waals surface area (Å²) in [6.07, 6.45) is 3.73. The van der Waals surface area contributed by atoms with E-state index in [0.717, 1.165) is 50.2 Å². The lowest BCUT2D eigenvalue weighted by Gasteiger charge is -2.22. The van der Waals surface area contributed by atoms with Crippen molar-refractivity contribution in [3.8, 4) is 67.3 Å². The van der Waals surface area contributed by atoms with Crippen molar-refractivity contribution >= 4 is 21.5 Å². The summed E-state index contributed by atoms with van der Waals surface area (Å²) in [4.78, 5) is 15.0. The molecular weight excluding hydrogens is 643 g/mol. The third-order valence-corrected chi connectivity index (χ3v) is 11.0. The van der Waals surface area contributed by atoms with Gasteiger partial charge in [-0.3, -0.25) is 4.98 Å². The maximum absolute atomic E-state index is 5.33. The van der Waals surface area contributed by atoms with Gasteiger partial charge in [-0.05, 0) is 90.8 Å². The van der Waals surface area contributed by atoms with Crippen molar-refractivity contribution in [2.45, 2.75) is 19.3 Å². The highest BCUT2D eigenvalue weighted by atomic mass is 14.9. The molecule has 250 valence electrons. The van der Waals surface area contributed by atoms with Gasteiger partial charge in [-0.2, -0.15) is 0 Å². The lowest BCUT2D eigenvalue weighted by Crippen LogP contribution is -2.14. The second kappa shape index (κ2) is 12.2. The first-order chi connectivity index (χ1) is 26.0. The molecule has 2 aromatic heterocycles. The molecule has 0 unspecified atom stereocenters. The summed E-state index contributed by atoms with van der Waals surface area (Å²) in [5, 5.41) is 4.84. The molecule has 0 spiro atoms. The van der Waals surface area contributed by atoms with E-state index in [0.29, 0.717) is 5.82 Å².